The van der Waals surface area contributed by atoms with Crippen molar-refractivity contribution in [2.24, 2.45) is 0 Å². The Labute approximate surface area is 153 Å². The second-order valence-corrected chi connectivity index (χ2v) is 6.34. The minimum absolute atomic E-state index is 0.252. The van der Waals surface area contributed by atoms with Crippen molar-refractivity contribution in [2.75, 3.05) is 5.32 Å². The summed E-state index contributed by atoms with van der Waals surface area (Å²) in [6, 6.07) is 13.5. The molecule has 0 saturated carbocycles. The summed E-state index contributed by atoms with van der Waals surface area (Å²) in [5.74, 6) is -0.146. The molecule has 3 heterocycles. The third-order valence-electron chi connectivity index (χ3n) is 4.59. The average Bonchev–Trinajstić information content (AvgIpc) is 3.27. The van der Waals surface area contributed by atoms with E-state index in [9.17, 15) is 4.39 Å². The number of aromatic amines is 2. The van der Waals surface area contributed by atoms with Gasteiger partial charge in [-0.3, -0.25) is 5.10 Å². The number of rotatable bonds is 3. The molecule has 0 spiro atoms. The molecule has 0 fully saturated rings. The quantitative estimate of drug-likeness (QED) is 0.437. The second-order valence-electron chi connectivity index (χ2n) is 6.34. The van der Waals surface area contributed by atoms with Gasteiger partial charge in [0.25, 0.3) is 0 Å². The number of H-pyrrole nitrogens is 2. The first kappa shape index (κ1) is 15.5. The molecule has 0 aliphatic heterocycles. The van der Waals surface area contributed by atoms with E-state index in [0.717, 1.165) is 33.2 Å². The predicted octanol–water partition coefficient (Wildman–Crippen LogP) is 4.69. The number of nitrogens with zero attached hydrogens (tertiary/aromatic N) is 3. The number of benzene rings is 2. The lowest BCUT2D eigenvalue weighted by Crippen LogP contribution is -2.00. The Kier molecular flexibility index (Phi) is 3.39. The van der Waals surface area contributed by atoms with Gasteiger partial charge in [0, 0.05) is 39.4 Å². The monoisotopic (exact) mass is 358 g/mol. The summed E-state index contributed by atoms with van der Waals surface area (Å²) in [5.41, 5.74) is 4.52. The third-order valence-corrected chi connectivity index (χ3v) is 4.59. The van der Waals surface area contributed by atoms with Gasteiger partial charge in [0.1, 0.15) is 5.69 Å². The SMILES string of the molecule is Cc1[nH]nc2cc(Nc3ncc(F)c(-c4c[nH]c5ccccc45)n3)ccc12. The lowest BCUT2D eigenvalue weighted by molar-refractivity contribution is 0.619. The van der Waals surface area contributed by atoms with Crippen molar-refractivity contribution in [3.8, 4) is 11.3 Å². The van der Waals surface area contributed by atoms with Gasteiger partial charge in [-0.05, 0) is 31.2 Å². The summed E-state index contributed by atoms with van der Waals surface area (Å²) in [6.07, 6.45) is 2.95. The summed E-state index contributed by atoms with van der Waals surface area (Å²) >= 11 is 0. The van der Waals surface area contributed by atoms with E-state index in [-0.39, 0.29) is 5.69 Å². The normalized spacial score (nSPS) is 11.3. The molecule has 5 rings (SSSR count). The number of hydrogen-bond acceptors (Lipinski definition) is 4. The van der Waals surface area contributed by atoms with E-state index in [1.807, 2.05) is 49.4 Å². The van der Waals surface area contributed by atoms with E-state index in [1.165, 1.54) is 6.20 Å². The fraction of sp³-hybridized carbons (Fsp3) is 0.0500. The lowest BCUT2D eigenvalue weighted by atomic mass is 10.1. The maximum absolute atomic E-state index is 14.4. The smallest absolute Gasteiger partial charge is 0.227 e. The molecule has 7 heteroatoms. The number of halogens is 1. The average molecular weight is 358 g/mol. The minimum atomic E-state index is -0.469. The van der Waals surface area contributed by atoms with Crippen LogP contribution in [-0.4, -0.2) is 25.1 Å². The molecule has 2 aromatic carbocycles. The molecule has 0 bridgehead atoms. The fourth-order valence-corrected chi connectivity index (χ4v) is 3.24. The highest BCUT2D eigenvalue weighted by Crippen LogP contribution is 2.30. The van der Waals surface area contributed by atoms with Gasteiger partial charge in [0.15, 0.2) is 5.82 Å². The van der Waals surface area contributed by atoms with E-state index in [2.05, 4.69) is 30.5 Å². The molecular formula is C20H15FN6. The largest absolute Gasteiger partial charge is 0.360 e. The van der Waals surface area contributed by atoms with Crippen LogP contribution in [0.3, 0.4) is 0 Å². The Morgan fingerprint density at radius 2 is 1.96 bits per heavy atom. The summed E-state index contributed by atoms with van der Waals surface area (Å²) in [6.45, 7) is 1.97. The lowest BCUT2D eigenvalue weighted by Gasteiger charge is -2.07. The first-order chi connectivity index (χ1) is 13.2. The molecule has 0 amide bonds. The fourth-order valence-electron chi connectivity index (χ4n) is 3.24. The van der Waals surface area contributed by atoms with Gasteiger partial charge in [-0.1, -0.05) is 18.2 Å². The first-order valence-electron chi connectivity index (χ1n) is 8.50. The van der Waals surface area contributed by atoms with Gasteiger partial charge in [-0.2, -0.15) is 5.10 Å². The highest BCUT2D eigenvalue weighted by Gasteiger charge is 2.14. The molecule has 0 unspecified atom stereocenters. The van der Waals surface area contributed by atoms with Crippen molar-refractivity contribution in [1.29, 1.82) is 0 Å². The van der Waals surface area contributed by atoms with Crippen molar-refractivity contribution in [2.45, 2.75) is 6.92 Å². The molecular weight excluding hydrogens is 343 g/mol. The van der Waals surface area contributed by atoms with Crippen molar-refractivity contribution in [3.63, 3.8) is 0 Å². The maximum Gasteiger partial charge on any atom is 0.227 e. The number of aromatic nitrogens is 5. The van der Waals surface area contributed by atoms with Gasteiger partial charge in [0.05, 0.1) is 11.7 Å². The predicted molar refractivity (Wildman–Crippen MR) is 103 cm³/mol. The van der Waals surface area contributed by atoms with E-state index in [4.69, 9.17) is 0 Å². The van der Waals surface area contributed by atoms with Crippen molar-refractivity contribution in [1.82, 2.24) is 25.1 Å². The van der Waals surface area contributed by atoms with Crippen molar-refractivity contribution < 1.29 is 4.39 Å². The first-order valence-corrected chi connectivity index (χ1v) is 8.50. The van der Waals surface area contributed by atoms with Gasteiger partial charge >= 0.3 is 0 Å². The highest BCUT2D eigenvalue weighted by molar-refractivity contribution is 5.94. The molecule has 27 heavy (non-hydrogen) atoms. The zero-order valence-electron chi connectivity index (χ0n) is 14.4. The molecule has 132 valence electrons. The van der Waals surface area contributed by atoms with E-state index >= 15 is 0 Å². The zero-order chi connectivity index (χ0) is 18.4. The van der Waals surface area contributed by atoms with Crippen molar-refractivity contribution in [3.05, 3.63) is 66.4 Å². The van der Waals surface area contributed by atoms with Crippen LogP contribution >= 0.6 is 0 Å². The van der Waals surface area contributed by atoms with E-state index in [0.29, 0.717) is 11.5 Å². The standard InChI is InChI=1S/C20H15FN6/c1-11-13-7-6-12(8-18(13)27-26-11)24-20-23-10-16(21)19(25-20)15-9-22-17-5-3-2-4-14(15)17/h2-10,22H,1H3,(H,26,27)(H,23,24,25). The van der Waals surface area contributed by atoms with Gasteiger partial charge < -0.3 is 10.3 Å². The summed E-state index contributed by atoms with van der Waals surface area (Å²) in [5, 5.41) is 12.3. The van der Waals surface area contributed by atoms with Gasteiger partial charge in [-0.15, -0.1) is 0 Å². The van der Waals surface area contributed by atoms with Crippen molar-refractivity contribution >= 4 is 33.4 Å². The Morgan fingerprint density at radius 3 is 2.89 bits per heavy atom. The maximum atomic E-state index is 14.4. The molecule has 0 saturated heterocycles. The number of fused-ring (bicyclic) bond motifs is 2. The molecule has 0 radical (unpaired) electrons. The van der Waals surface area contributed by atoms with Gasteiger partial charge in [-0.25, -0.2) is 14.4 Å². The number of para-hydroxylation sites is 1. The van der Waals surface area contributed by atoms with Crippen LogP contribution < -0.4 is 5.32 Å². The Hall–Kier alpha value is -3.74. The number of anilines is 2. The van der Waals surface area contributed by atoms with Crippen LogP contribution in [0.4, 0.5) is 16.0 Å². The summed E-state index contributed by atoms with van der Waals surface area (Å²) in [7, 11) is 0. The van der Waals surface area contributed by atoms with Crippen LogP contribution in [0, 0.1) is 12.7 Å². The molecule has 3 N–H and O–H groups in total. The van der Waals surface area contributed by atoms with E-state index < -0.39 is 5.82 Å². The molecule has 3 aromatic heterocycles. The second kappa shape index (κ2) is 5.91. The number of aryl methyl sites for hydroxylation is 1. The summed E-state index contributed by atoms with van der Waals surface area (Å²) in [4.78, 5) is 11.6. The molecule has 5 aromatic rings. The zero-order valence-corrected chi connectivity index (χ0v) is 14.4. The van der Waals surface area contributed by atoms with Crippen LogP contribution in [0.15, 0.2) is 54.9 Å². The molecule has 0 aliphatic carbocycles. The molecule has 0 aliphatic rings. The third kappa shape index (κ3) is 2.60. The van der Waals surface area contributed by atoms with Crippen LogP contribution in [-0.2, 0) is 0 Å². The Bertz CT molecular complexity index is 1290. The van der Waals surface area contributed by atoms with Crippen LogP contribution in [0.1, 0.15) is 5.69 Å². The summed E-state index contributed by atoms with van der Waals surface area (Å²) < 4.78 is 14.4. The Balaban J connectivity index is 1.54. The van der Waals surface area contributed by atoms with Crippen LogP contribution in [0.5, 0.6) is 0 Å². The number of nitrogens with one attached hydrogen (secondary N) is 3. The van der Waals surface area contributed by atoms with Gasteiger partial charge in [0.2, 0.25) is 5.95 Å². The van der Waals surface area contributed by atoms with E-state index in [1.54, 1.807) is 6.20 Å². The minimum Gasteiger partial charge on any atom is -0.360 e. The molecule has 0 atom stereocenters. The van der Waals surface area contributed by atoms with Crippen LogP contribution in [0.25, 0.3) is 33.1 Å². The number of hydrogen-bond donors (Lipinski definition) is 3. The highest BCUT2D eigenvalue weighted by atomic mass is 19.1. The molecule has 6 nitrogen and oxygen atoms in total. The van der Waals surface area contributed by atoms with Crippen LogP contribution in [0.2, 0.25) is 0 Å². The topological polar surface area (TPSA) is 82.3 Å². The Morgan fingerprint density at radius 1 is 1.07 bits per heavy atom.